The first-order valence-corrected chi connectivity index (χ1v) is 11.7. The zero-order valence-corrected chi connectivity index (χ0v) is 18.7. The number of anilines is 2. The Bertz CT molecular complexity index is 1200. The Balaban J connectivity index is 2.06. The summed E-state index contributed by atoms with van der Waals surface area (Å²) in [6, 6.07) is 5.39. The number of amides is 1. The zero-order chi connectivity index (χ0) is 25.5. The van der Waals surface area contributed by atoms with Gasteiger partial charge in [-0.25, -0.2) is 14.0 Å². The molecular formula is C20H20F6N4O3S. The standard InChI is InChI=1S/C20H20F6N4O3S/c1-11-14(19(21,22)23)9-28-17(30-6-7-33-15(10-30)20(24,25)26)16(11)18(31)29-12-4-3-5-13(8-12)34(2,27)32/h3-5,8-9,15,27H,6-7,10H2,1-2H3,(H,29,31)/t15?,34-/m1/s1. The van der Waals surface area contributed by atoms with Crippen molar-refractivity contribution in [2.75, 3.05) is 36.2 Å². The molecule has 2 aromatic rings. The number of rotatable bonds is 4. The highest BCUT2D eigenvalue weighted by molar-refractivity contribution is 7.91. The van der Waals surface area contributed by atoms with E-state index in [1.807, 2.05) is 0 Å². The Morgan fingerprint density at radius 3 is 2.53 bits per heavy atom. The highest BCUT2D eigenvalue weighted by Crippen LogP contribution is 2.37. The van der Waals surface area contributed by atoms with Crippen molar-refractivity contribution >= 4 is 27.1 Å². The molecule has 2 heterocycles. The number of halogens is 6. The minimum atomic E-state index is -4.86. The number of carbonyl (C=O) groups is 1. The highest BCUT2D eigenvalue weighted by atomic mass is 32.2. The van der Waals surface area contributed by atoms with Gasteiger partial charge in [0.25, 0.3) is 5.91 Å². The normalized spacial score (nSPS) is 18.9. The fraction of sp³-hybridized carbons (Fsp3) is 0.400. The molecule has 0 spiro atoms. The van der Waals surface area contributed by atoms with E-state index in [2.05, 4.69) is 10.3 Å². The van der Waals surface area contributed by atoms with E-state index in [1.165, 1.54) is 24.3 Å². The molecule has 1 aliphatic heterocycles. The van der Waals surface area contributed by atoms with Crippen LogP contribution in [0.3, 0.4) is 0 Å². The van der Waals surface area contributed by atoms with Gasteiger partial charge in [0.1, 0.15) is 5.82 Å². The average molecular weight is 510 g/mol. The summed E-state index contributed by atoms with van der Waals surface area (Å²) in [6.45, 7) is -0.224. The summed E-state index contributed by atoms with van der Waals surface area (Å²) < 4.78 is 104. The van der Waals surface area contributed by atoms with E-state index in [1.54, 1.807) is 0 Å². The Morgan fingerprint density at radius 2 is 1.94 bits per heavy atom. The van der Waals surface area contributed by atoms with E-state index >= 15 is 0 Å². The summed E-state index contributed by atoms with van der Waals surface area (Å²) in [5.74, 6) is -1.40. The van der Waals surface area contributed by atoms with Crippen LogP contribution < -0.4 is 10.2 Å². The van der Waals surface area contributed by atoms with Gasteiger partial charge in [0.05, 0.1) is 34.0 Å². The Kier molecular flexibility index (Phi) is 6.86. The van der Waals surface area contributed by atoms with Crippen LogP contribution in [-0.2, 0) is 20.6 Å². The van der Waals surface area contributed by atoms with Gasteiger partial charge in [-0.1, -0.05) is 6.07 Å². The molecule has 1 aromatic carbocycles. The molecular weight excluding hydrogens is 490 g/mol. The van der Waals surface area contributed by atoms with Gasteiger partial charge in [0.2, 0.25) is 0 Å². The minimum Gasteiger partial charge on any atom is -0.365 e. The molecule has 7 nitrogen and oxygen atoms in total. The molecule has 3 rings (SSSR count). The van der Waals surface area contributed by atoms with Gasteiger partial charge in [0, 0.05) is 29.6 Å². The van der Waals surface area contributed by atoms with Gasteiger partial charge in [-0.05, 0) is 30.7 Å². The van der Waals surface area contributed by atoms with Crippen molar-refractivity contribution in [1.29, 1.82) is 4.78 Å². The summed E-state index contributed by atoms with van der Waals surface area (Å²) in [5.41, 5.74) is -2.23. The van der Waals surface area contributed by atoms with Crippen LogP contribution >= 0.6 is 0 Å². The number of ether oxygens (including phenoxy) is 1. The number of nitrogens with zero attached hydrogens (tertiary/aromatic N) is 2. The maximum absolute atomic E-state index is 13.5. The number of alkyl halides is 6. The van der Waals surface area contributed by atoms with E-state index in [-0.39, 0.29) is 29.6 Å². The Morgan fingerprint density at radius 1 is 1.26 bits per heavy atom. The van der Waals surface area contributed by atoms with Crippen molar-refractivity contribution in [2.24, 2.45) is 0 Å². The average Bonchev–Trinajstić information content (AvgIpc) is 2.71. The second-order valence-corrected chi connectivity index (χ2v) is 9.82. The molecule has 0 bridgehead atoms. The fourth-order valence-corrected chi connectivity index (χ4v) is 4.13. The van der Waals surface area contributed by atoms with Crippen LogP contribution in [0.1, 0.15) is 21.5 Å². The second-order valence-electron chi connectivity index (χ2n) is 7.67. The van der Waals surface area contributed by atoms with Crippen LogP contribution in [0, 0.1) is 11.7 Å². The molecule has 1 saturated heterocycles. The monoisotopic (exact) mass is 510 g/mol. The number of morpholine rings is 1. The van der Waals surface area contributed by atoms with Gasteiger partial charge in [-0.15, -0.1) is 0 Å². The Hall–Kier alpha value is -2.87. The van der Waals surface area contributed by atoms with Crippen LogP contribution in [0.15, 0.2) is 35.4 Å². The Labute approximate surface area is 191 Å². The van der Waals surface area contributed by atoms with E-state index in [4.69, 9.17) is 9.52 Å². The summed E-state index contributed by atoms with van der Waals surface area (Å²) in [5, 5.41) is 2.38. The molecule has 34 heavy (non-hydrogen) atoms. The molecule has 14 heteroatoms. The topological polar surface area (TPSA) is 95.4 Å². The fourth-order valence-electron chi connectivity index (χ4n) is 3.44. The number of pyridine rings is 1. The van der Waals surface area contributed by atoms with Crippen LogP contribution in [0.2, 0.25) is 0 Å². The highest BCUT2D eigenvalue weighted by Gasteiger charge is 2.44. The van der Waals surface area contributed by atoms with E-state index in [0.29, 0.717) is 6.20 Å². The number of aromatic nitrogens is 1. The van der Waals surface area contributed by atoms with Gasteiger partial charge in [-0.3, -0.25) is 4.79 Å². The quantitative estimate of drug-likeness (QED) is 0.593. The third-order valence-electron chi connectivity index (χ3n) is 5.12. The lowest BCUT2D eigenvalue weighted by Gasteiger charge is -2.35. The van der Waals surface area contributed by atoms with Crippen LogP contribution in [-0.4, -0.2) is 53.3 Å². The molecule has 0 saturated carbocycles. The summed E-state index contributed by atoms with van der Waals surface area (Å²) in [7, 11) is -3.15. The van der Waals surface area contributed by atoms with Crippen molar-refractivity contribution < 1.29 is 40.1 Å². The number of carbonyl (C=O) groups excluding carboxylic acids is 1. The van der Waals surface area contributed by atoms with Crippen LogP contribution in [0.25, 0.3) is 0 Å². The van der Waals surface area contributed by atoms with Gasteiger partial charge in [-0.2, -0.15) is 26.3 Å². The lowest BCUT2D eigenvalue weighted by molar-refractivity contribution is -0.221. The van der Waals surface area contributed by atoms with Crippen LogP contribution in [0.4, 0.5) is 37.8 Å². The molecule has 1 amide bonds. The summed E-state index contributed by atoms with van der Waals surface area (Å²) in [4.78, 5) is 17.9. The number of nitrogens with one attached hydrogen (secondary N) is 2. The van der Waals surface area contributed by atoms with Gasteiger partial charge < -0.3 is 15.0 Å². The predicted molar refractivity (Wildman–Crippen MR) is 111 cm³/mol. The molecule has 1 fully saturated rings. The smallest absolute Gasteiger partial charge is 0.365 e. The van der Waals surface area contributed by atoms with Crippen molar-refractivity contribution in [3.05, 3.63) is 47.2 Å². The molecule has 2 N–H and O–H groups in total. The van der Waals surface area contributed by atoms with Gasteiger partial charge >= 0.3 is 12.4 Å². The third-order valence-corrected chi connectivity index (χ3v) is 6.28. The van der Waals surface area contributed by atoms with Crippen molar-refractivity contribution in [1.82, 2.24) is 4.98 Å². The number of benzene rings is 1. The van der Waals surface area contributed by atoms with E-state index < -0.39 is 57.3 Å². The van der Waals surface area contributed by atoms with Crippen LogP contribution in [0.5, 0.6) is 0 Å². The summed E-state index contributed by atoms with van der Waals surface area (Å²) in [6.07, 6.45) is -10.1. The van der Waals surface area contributed by atoms with Gasteiger partial charge in [0.15, 0.2) is 6.10 Å². The maximum Gasteiger partial charge on any atom is 0.418 e. The largest absolute Gasteiger partial charge is 0.418 e. The first-order chi connectivity index (χ1) is 15.6. The molecule has 0 aliphatic carbocycles. The molecule has 0 radical (unpaired) electrons. The zero-order valence-electron chi connectivity index (χ0n) is 17.9. The number of hydrogen-bond acceptors (Lipinski definition) is 6. The van der Waals surface area contributed by atoms with E-state index in [0.717, 1.165) is 18.1 Å². The first kappa shape index (κ1) is 25.7. The molecule has 2 atom stereocenters. The van der Waals surface area contributed by atoms with E-state index in [9.17, 15) is 35.3 Å². The van der Waals surface area contributed by atoms with Crippen molar-refractivity contribution in [3.8, 4) is 0 Å². The minimum absolute atomic E-state index is 0.0437. The SMILES string of the molecule is Cc1c(C(F)(F)F)cnc(N2CCOC(C(F)(F)F)C2)c1C(=O)Nc1cccc([S@](C)(=N)=O)c1. The predicted octanol–water partition coefficient (Wildman–Crippen LogP) is 4.46. The molecule has 1 aliphatic rings. The lowest BCUT2D eigenvalue weighted by Crippen LogP contribution is -2.50. The lowest BCUT2D eigenvalue weighted by atomic mass is 10.0. The number of hydrogen-bond donors (Lipinski definition) is 2. The summed E-state index contributed by atoms with van der Waals surface area (Å²) >= 11 is 0. The second kappa shape index (κ2) is 9.06. The molecule has 1 unspecified atom stereocenters. The third kappa shape index (κ3) is 5.60. The first-order valence-electron chi connectivity index (χ1n) is 9.74. The van der Waals surface area contributed by atoms with Crippen molar-refractivity contribution in [3.63, 3.8) is 0 Å². The molecule has 186 valence electrons. The van der Waals surface area contributed by atoms with Crippen molar-refractivity contribution in [2.45, 2.75) is 30.3 Å². The maximum atomic E-state index is 13.5. The molecule has 1 aromatic heterocycles.